The van der Waals surface area contributed by atoms with Crippen molar-refractivity contribution in [3.8, 4) is 11.5 Å². The van der Waals surface area contributed by atoms with Crippen LogP contribution in [0.2, 0.25) is 0 Å². The molecule has 0 saturated carbocycles. The summed E-state index contributed by atoms with van der Waals surface area (Å²) in [4.78, 5) is 0. The second-order valence-electron chi connectivity index (χ2n) is 5.03. The largest absolute Gasteiger partial charge is 0.508 e. The van der Waals surface area contributed by atoms with Crippen molar-refractivity contribution in [1.82, 2.24) is 0 Å². The molecular weight excluding hydrogens is 303 g/mol. The number of aromatic hydroxyl groups is 2. The molecule has 0 bridgehead atoms. The van der Waals surface area contributed by atoms with Crippen LogP contribution in [0.3, 0.4) is 0 Å². The molecule has 0 fully saturated rings. The van der Waals surface area contributed by atoms with Crippen molar-refractivity contribution in [2.45, 2.75) is 12.1 Å². The van der Waals surface area contributed by atoms with Gasteiger partial charge in [0.2, 0.25) is 0 Å². The van der Waals surface area contributed by atoms with Crippen LogP contribution in [-0.2, 0) is 18.8 Å². The molecule has 0 aliphatic carbocycles. The minimum Gasteiger partial charge on any atom is -0.508 e. The predicted molar refractivity (Wildman–Crippen MR) is 84.3 cm³/mol. The zero-order chi connectivity index (χ0) is 16.4. The fourth-order valence-corrected chi connectivity index (χ4v) is 4.30. The van der Waals surface area contributed by atoms with Gasteiger partial charge in [-0.15, -0.1) is 0 Å². The fourth-order valence-electron chi connectivity index (χ4n) is 2.49. The van der Waals surface area contributed by atoms with Gasteiger partial charge in [0.25, 0.3) is 0 Å². The molecule has 0 unspecified atom stereocenters. The first-order valence-electron chi connectivity index (χ1n) is 6.68. The van der Waals surface area contributed by atoms with Crippen LogP contribution in [0.15, 0.2) is 48.5 Å². The van der Waals surface area contributed by atoms with Crippen LogP contribution in [0.5, 0.6) is 11.5 Å². The Morgan fingerprint density at radius 1 is 0.818 bits per heavy atom. The molecule has 2 rings (SSSR count). The van der Waals surface area contributed by atoms with Crippen LogP contribution in [0.1, 0.15) is 18.1 Å². The summed E-state index contributed by atoms with van der Waals surface area (Å²) < 4.78 is 23.6. The van der Waals surface area contributed by atoms with Gasteiger partial charge < -0.3 is 19.3 Å². The predicted octanol–water partition coefficient (Wildman–Crippen LogP) is 3.85. The van der Waals surface area contributed by atoms with Crippen LogP contribution in [-0.4, -0.2) is 24.4 Å². The normalized spacial score (nSPS) is 12.3. The van der Waals surface area contributed by atoms with Gasteiger partial charge in [0, 0.05) is 14.2 Å². The highest BCUT2D eigenvalue weighted by molar-refractivity contribution is 7.55. The maximum atomic E-state index is 13.2. The summed E-state index contributed by atoms with van der Waals surface area (Å²) in [5.74, 6) is 0.225. The monoisotopic (exact) mass is 322 g/mol. The minimum absolute atomic E-state index is 0.112. The average Bonchev–Trinajstić information content (AvgIpc) is 2.54. The first kappa shape index (κ1) is 16.6. The lowest BCUT2D eigenvalue weighted by atomic mass is 9.92. The van der Waals surface area contributed by atoms with Gasteiger partial charge in [-0.05, 0) is 42.3 Å². The second-order valence-corrected chi connectivity index (χ2v) is 7.65. The molecule has 118 valence electrons. The lowest BCUT2D eigenvalue weighted by Crippen LogP contribution is -2.25. The Labute approximate surface area is 129 Å². The van der Waals surface area contributed by atoms with E-state index < -0.39 is 12.8 Å². The number of rotatable bonds is 5. The molecule has 0 radical (unpaired) electrons. The van der Waals surface area contributed by atoms with Crippen LogP contribution >= 0.6 is 7.60 Å². The van der Waals surface area contributed by atoms with Crippen molar-refractivity contribution < 1.29 is 23.8 Å². The van der Waals surface area contributed by atoms with Crippen LogP contribution in [0.25, 0.3) is 0 Å². The summed E-state index contributed by atoms with van der Waals surface area (Å²) in [5.41, 5.74) is 1.34. The van der Waals surface area contributed by atoms with Crippen molar-refractivity contribution in [2.24, 2.45) is 0 Å². The molecule has 0 aromatic heterocycles. The fraction of sp³-hybridized carbons (Fsp3) is 0.250. The quantitative estimate of drug-likeness (QED) is 0.818. The molecule has 0 atom stereocenters. The molecule has 0 saturated heterocycles. The minimum atomic E-state index is -3.54. The topological polar surface area (TPSA) is 76.0 Å². The van der Waals surface area contributed by atoms with E-state index in [9.17, 15) is 14.8 Å². The third kappa shape index (κ3) is 2.63. The summed E-state index contributed by atoms with van der Waals surface area (Å²) in [7, 11) is -0.867. The summed E-state index contributed by atoms with van der Waals surface area (Å²) in [6.45, 7) is 1.75. The van der Waals surface area contributed by atoms with Gasteiger partial charge in [0.1, 0.15) is 16.7 Å². The summed E-state index contributed by atoms with van der Waals surface area (Å²) >= 11 is 0. The van der Waals surface area contributed by atoms with E-state index in [2.05, 4.69) is 0 Å². The molecule has 22 heavy (non-hydrogen) atoms. The van der Waals surface area contributed by atoms with E-state index in [1.54, 1.807) is 31.2 Å². The van der Waals surface area contributed by atoms with Gasteiger partial charge >= 0.3 is 7.60 Å². The SMILES string of the molecule is COP(=O)(OC)C(C)(c1ccc(O)cc1)c1ccc(O)cc1. The summed E-state index contributed by atoms with van der Waals surface area (Å²) in [6.07, 6.45) is 0. The van der Waals surface area contributed by atoms with E-state index in [1.165, 1.54) is 38.5 Å². The van der Waals surface area contributed by atoms with E-state index in [-0.39, 0.29) is 11.5 Å². The van der Waals surface area contributed by atoms with E-state index in [1.807, 2.05) is 0 Å². The van der Waals surface area contributed by atoms with Crippen LogP contribution < -0.4 is 0 Å². The Balaban J connectivity index is 2.71. The van der Waals surface area contributed by atoms with Gasteiger partial charge in [0.15, 0.2) is 0 Å². The molecule has 0 aliphatic rings. The lowest BCUT2D eigenvalue weighted by Gasteiger charge is -2.35. The highest BCUT2D eigenvalue weighted by Gasteiger charge is 2.49. The third-order valence-electron chi connectivity index (χ3n) is 3.89. The molecule has 0 amide bonds. The maximum absolute atomic E-state index is 13.2. The smallest absolute Gasteiger partial charge is 0.344 e. The Kier molecular flexibility index (Phi) is 4.61. The van der Waals surface area contributed by atoms with Crippen LogP contribution in [0.4, 0.5) is 0 Å². The second kappa shape index (κ2) is 6.13. The molecular formula is C16H19O5P. The van der Waals surface area contributed by atoms with Gasteiger partial charge in [-0.2, -0.15) is 0 Å². The van der Waals surface area contributed by atoms with E-state index in [0.717, 1.165) is 0 Å². The number of hydrogen-bond acceptors (Lipinski definition) is 5. The summed E-state index contributed by atoms with van der Waals surface area (Å²) in [6, 6.07) is 12.8. The zero-order valence-corrected chi connectivity index (χ0v) is 13.6. The third-order valence-corrected chi connectivity index (χ3v) is 6.46. The van der Waals surface area contributed by atoms with Crippen molar-refractivity contribution in [2.75, 3.05) is 14.2 Å². The number of benzene rings is 2. The van der Waals surface area contributed by atoms with Crippen molar-refractivity contribution in [3.05, 3.63) is 59.7 Å². The highest BCUT2D eigenvalue weighted by atomic mass is 31.2. The Morgan fingerprint density at radius 3 is 1.41 bits per heavy atom. The Morgan fingerprint density at radius 2 is 1.14 bits per heavy atom. The molecule has 2 aromatic carbocycles. The molecule has 2 N–H and O–H groups in total. The van der Waals surface area contributed by atoms with Crippen LogP contribution in [0, 0.1) is 0 Å². The standard InChI is InChI=1S/C16H19O5P/c1-16(22(19,20-2)21-3,12-4-8-14(17)9-5-12)13-6-10-15(18)11-7-13/h4-11,17-18H,1-3H3. The molecule has 2 aromatic rings. The van der Waals surface area contributed by atoms with Gasteiger partial charge in [-0.25, -0.2) is 0 Å². The average molecular weight is 322 g/mol. The Hall–Kier alpha value is -1.81. The molecule has 5 nitrogen and oxygen atoms in total. The first-order chi connectivity index (χ1) is 10.4. The molecule has 0 heterocycles. The number of phenols is 2. The highest BCUT2D eigenvalue weighted by Crippen LogP contribution is 2.66. The molecule has 0 spiro atoms. The number of hydrogen-bond donors (Lipinski definition) is 2. The van der Waals surface area contributed by atoms with Crippen molar-refractivity contribution in [3.63, 3.8) is 0 Å². The van der Waals surface area contributed by atoms with Crippen molar-refractivity contribution in [1.29, 1.82) is 0 Å². The maximum Gasteiger partial charge on any atom is 0.344 e. The van der Waals surface area contributed by atoms with Crippen molar-refractivity contribution >= 4 is 7.60 Å². The molecule has 6 heteroatoms. The lowest BCUT2D eigenvalue weighted by molar-refractivity contribution is 0.255. The summed E-state index contributed by atoms with van der Waals surface area (Å²) in [5, 5.41) is 17.9. The van der Waals surface area contributed by atoms with Gasteiger partial charge in [-0.3, -0.25) is 4.57 Å². The van der Waals surface area contributed by atoms with E-state index in [0.29, 0.717) is 11.1 Å². The number of phenolic OH excluding ortho intramolecular Hbond substituents is 2. The zero-order valence-electron chi connectivity index (χ0n) is 12.7. The Bertz CT molecular complexity index is 625. The first-order valence-corrected chi connectivity index (χ1v) is 8.22. The van der Waals surface area contributed by atoms with E-state index >= 15 is 0 Å². The van der Waals surface area contributed by atoms with Gasteiger partial charge in [0.05, 0.1) is 0 Å². The van der Waals surface area contributed by atoms with Gasteiger partial charge in [-0.1, -0.05) is 24.3 Å². The van der Waals surface area contributed by atoms with E-state index in [4.69, 9.17) is 9.05 Å². The molecule has 0 aliphatic heterocycles.